The molecule has 4 rings (SSSR count). The molecule has 9 nitrogen and oxygen atoms in total. The lowest BCUT2D eigenvalue weighted by molar-refractivity contribution is -0.145. The van der Waals surface area contributed by atoms with Crippen LogP contribution in [-0.2, 0) is 23.7 Å². The lowest BCUT2D eigenvalue weighted by atomic mass is 10.1. The van der Waals surface area contributed by atoms with Crippen molar-refractivity contribution < 1.29 is 31.1 Å². The summed E-state index contributed by atoms with van der Waals surface area (Å²) in [6.45, 7) is 4.01. The number of thiazole rings is 1. The molecule has 0 radical (unpaired) electrons. The van der Waals surface area contributed by atoms with E-state index in [0.29, 0.717) is 17.2 Å². The second kappa shape index (κ2) is 9.05. The van der Waals surface area contributed by atoms with Gasteiger partial charge in [0.1, 0.15) is 29.4 Å². The van der Waals surface area contributed by atoms with E-state index in [4.69, 9.17) is 0 Å². The van der Waals surface area contributed by atoms with E-state index in [-0.39, 0.29) is 54.4 Å². The average Bonchev–Trinajstić information content (AvgIpc) is 3.39. The third kappa shape index (κ3) is 5.36. The smallest absolute Gasteiger partial charge is 0.358 e. The molecule has 0 bridgehead atoms. The molecule has 4 heterocycles. The summed E-state index contributed by atoms with van der Waals surface area (Å²) in [6.07, 6.45) is -6.49. The third-order valence-electron chi connectivity index (χ3n) is 5.21. The molecule has 0 aliphatic carbocycles. The summed E-state index contributed by atoms with van der Waals surface area (Å²) in [5.74, 6) is -1.11. The van der Waals surface area contributed by atoms with E-state index in [0.717, 1.165) is 12.4 Å². The number of rotatable bonds is 4. The molecule has 3 aromatic rings. The Morgan fingerprint density at radius 1 is 1.09 bits per heavy atom. The lowest BCUT2D eigenvalue weighted by Crippen LogP contribution is -2.54. The predicted octanol–water partition coefficient (Wildman–Crippen LogP) is 3.27. The summed E-state index contributed by atoms with van der Waals surface area (Å²) in [5.41, 5.74) is -0.242. The highest BCUT2D eigenvalue weighted by Crippen LogP contribution is 2.43. The topological polar surface area (TPSA) is 92.9 Å². The van der Waals surface area contributed by atoms with Crippen molar-refractivity contribution >= 4 is 22.2 Å². The molecular weight excluding hydrogens is 502 g/mol. The summed E-state index contributed by atoms with van der Waals surface area (Å²) in [6, 6.07) is -0.367. The molecule has 3 aromatic heterocycles. The summed E-state index contributed by atoms with van der Waals surface area (Å²) >= 11 is 0.381. The maximum absolute atomic E-state index is 13.4. The first-order chi connectivity index (χ1) is 16.3. The van der Waals surface area contributed by atoms with Crippen LogP contribution in [0.3, 0.4) is 0 Å². The molecule has 1 aliphatic heterocycles. The number of nitrogens with zero attached hydrogens (tertiary/aromatic N) is 8. The second-order valence-electron chi connectivity index (χ2n) is 7.84. The zero-order chi connectivity index (χ0) is 25.5. The Hall–Kier alpha value is -3.30. The number of carbonyl (C=O) groups is 1. The fourth-order valence-corrected chi connectivity index (χ4v) is 4.63. The summed E-state index contributed by atoms with van der Waals surface area (Å²) < 4.78 is 80.1. The van der Waals surface area contributed by atoms with Crippen molar-refractivity contribution in [2.45, 2.75) is 38.8 Å². The number of hydrogen-bond donors (Lipinski definition) is 0. The highest BCUT2D eigenvalue weighted by Gasteiger charge is 2.39. The number of amides is 1. The SMILES string of the molecule is Cc1ncn(CC(=O)N2CCN(c3sc(C(F)(F)F)nc3-c3cnc(C(F)(F)F)nc3)CC2C)n1. The number of carbonyl (C=O) groups excluding carboxylic acids is 1. The molecule has 1 atom stereocenters. The number of halogens is 6. The highest BCUT2D eigenvalue weighted by atomic mass is 32.1. The summed E-state index contributed by atoms with van der Waals surface area (Å²) in [4.78, 5) is 30.0. The first-order valence-corrected chi connectivity index (χ1v) is 11.0. The number of aryl methyl sites for hydroxylation is 1. The fourth-order valence-electron chi connectivity index (χ4n) is 3.64. The Morgan fingerprint density at radius 2 is 1.77 bits per heavy atom. The van der Waals surface area contributed by atoms with Crippen molar-refractivity contribution in [3.63, 3.8) is 0 Å². The van der Waals surface area contributed by atoms with Crippen molar-refractivity contribution in [1.82, 2.24) is 34.6 Å². The molecule has 0 spiro atoms. The quantitative estimate of drug-likeness (QED) is 0.488. The maximum Gasteiger partial charge on any atom is 0.451 e. The Labute approximate surface area is 198 Å². The molecule has 188 valence electrons. The zero-order valence-electron chi connectivity index (χ0n) is 18.3. The first-order valence-electron chi connectivity index (χ1n) is 10.2. The van der Waals surface area contributed by atoms with Gasteiger partial charge in [-0.3, -0.25) is 4.79 Å². The molecule has 1 fully saturated rings. The van der Waals surface area contributed by atoms with Crippen LogP contribution in [-0.4, -0.2) is 66.2 Å². The van der Waals surface area contributed by atoms with Crippen LogP contribution < -0.4 is 4.90 Å². The third-order valence-corrected chi connectivity index (χ3v) is 6.37. The minimum Gasteiger partial charge on any atom is -0.358 e. The number of piperazine rings is 1. The van der Waals surface area contributed by atoms with E-state index in [1.807, 2.05) is 0 Å². The Morgan fingerprint density at radius 3 is 2.31 bits per heavy atom. The molecule has 1 amide bonds. The maximum atomic E-state index is 13.4. The van der Waals surface area contributed by atoms with Gasteiger partial charge in [-0.05, 0) is 13.8 Å². The van der Waals surface area contributed by atoms with Gasteiger partial charge >= 0.3 is 12.4 Å². The average molecular weight is 520 g/mol. The van der Waals surface area contributed by atoms with Crippen LogP contribution in [0.2, 0.25) is 0 Å². The molecule has 1 aliphatic rings. The molecule has 16 heteroatoms. The van der Waals surface area contributed by atoms with Crippen LogP contribution >= 0.6 is 11.3 Å². The van der Waals surface area contributed by atoms with Gasteiger partial charge < -0.3 is 9.80 Å². The fraction of sp³-hybridized carbons (Fsp3) is 0.474. The standard InChI is InChI=1S/C19H18F6N8OS/c1-10-7-31(3-4-33(10)13(34)8-32-9-28-11(2)30-32)15-14(29-17(35-15)19(23,24)25)12-5-26-16(27-6-12)18(20,21)22/h5-6,9-10H,3-4,7-8H2,1-2H3. The van der Waals surface area contributed by atoms with Crippen molar-refractivity contribution in [3.05, 3.63) is 35.4 Å². The minimum absolute atomic E-state index is 0.0297. The van der Waals surface area contributed by atoms with Crippen LogP contribution in [0.5, 0.6) is 0 Å². The van der Waals surface area contributed by atoms with Crippen molar-refractivity contribution in [2.75, 3.05) is 24.5 Å². The van der Waals surface area contributed by atoms with Crippen LogP contribution in [0.15, 0.2) is 18.7 Å². The van der Waals surface area contributed by atoms with Gasteiger partial charge in [0.15, 0.2) is 0 Å². The lowest BCUT2D eigenvalue weighted by Gasteiger charge is -2.40. The first kappa shape index (κ1) is 24.8. The van der Waals surface area contributed by atoms with Gasteiger partial charge in [0.05, 0.1) is 0 Å². The van der Waals surface area contributed by atoms with E-state index in [1.165, 1.54) is 11.0 Å². The van der Waals surface area contributed by atoms with Crippen LogP contribution in [0.25, 0.3) is 11.3 Å². The zero-order valence-corrected chi connectivity index (χ0v) is 19.1. The Bertz CT molecular complexity index is 1210. The van der Waals surface area contributed by atoms with Gasteiger partial charge in [0, 0.05) is 43.6 Å². The molecule has 0 saturated carbocycles. The van der Waals surface area contributed by atoms with Crippen molar-refractivity contribution in [1.29, 1.82) is 0 Å². The number of aromatic nitrogens is 6. The molecule has 1 saturated heterocycles. The van der Waals surface area contributed by atoms with Gasteiger partial charge in [0.2, 0.25) is 16.7 Å². The van der Waals surface area contributed by atoms with Crippen LogP contribution in [0, 0.1) is 6.92 Å². The molecule has 35 heavy (non-hydrogen) atoms. The van der Waals surface area contributed by atoms with Gasteiger partial charge in [-0.15, -0.1) is 0 Å². The number of hydrogen-bond acceptors (Lipinski definition) is 8. The summed E-state index contributed by atoms with van der Waals surface area (Å²) in [7, 11) is 0. The van der Waals surface area contributed by atoms with Gasteiger partial charge in [-0.25, -0.2) is 24.6 Å². The van der Waals surface area contributed by atoms with E-state index in [2.05, 4.69) is 25.0 Å². The number of anilines is 1. The van der Waals surface area contributed by atoms with Crippen molar-refractivity contribution in [3.8, 4) is 11.3 Å². The monoisotopic (exact) mass is 520 g/mol. The van der Waals surface area contributed by atoms with Crippen LogP contribution in [0.1, 0.15) is 23.6 Å². The number of alkyl halides is 6. The summed E-state index contributed by atoms with van der Waals surface area (Å²) in [5, 5.41) is 3.05. The Balaban J connectivity index is 1.57. The predicted molar refractivity (Wildman–Crippen MR) is 111 cm³/mol. The molecule has 0 aromatic carbocycles. The largest absolute Gasteiger partial charge is 0.451 e. The Kier molecular flexibility index (Phi) is 6.42. The van der Waals surface area contributed by atoms with Gasteiger partial charge in [0.25, 0.3) is 0 Å². The normalized spacial score (nSPS) is 17.2. The van der Waals surface area contributed by atoms with E-state index in [9.17, 15) is 31.1 Å². The van der Waals surface area contributed by atoms with Gasteiger partial charge in [-0.2, -0.15) is 31.4 Å². The van der Waals surface area contributed by atoms with Gasteiger partial charge in [-0.1, -0.05) is 11.3 Å². The molecule has 1 unspecified atom stereocenters. The minimum atomic E-state index is -4.79. The van der Waals surface area contributed by atoms with E-state index >= 15 is 0 Å². The van der Waals surface area contributed by atoms with E-state index < -0.39 is 23.2 Å². The van der Waals surface area contributed by atoms with E-state index in [1.54, 1.807) is 23.6 Å². The highest BCUT2D eigenvalue weighted by molar-refractivity contribution is 7.16. The van der Waals surface area contributed by atoms with Crippen molar-refractivity contribution in [2.24, 2.45) is 0 Å². The molecule has 0 N–H and O–H groups in total. The second-order valence-corrected chi connectivity index (χ2v) is 8.81. The molecular formula is C19H18F6N8OS. The van der Waals surface area contributed by atoms with Crippen LogP contribution in [0.4, 0.5) is 31.3 Å².